The maximum atomic E-state index is 12.5. The maximum absolute atomic E-state index is 12.5. The molecule has 0 saturated heterocycles. The molecule has 8 heteroatoms. The molecule has 2 aromatic heterocycles. The van der Waals surface area contributed by atoms with Gasteiger partial charge >= 0.3 is 0 Å². The molecule has 3 heterocycles. The van der Waals surface area contributed by atoms with Gasteiger partial charge in [-0.2, -0.15) is 0 Å². The van der Waals surface area contributed by atoms with E-state index >= 15 is 0 Å². The second-order valence-corrected chi connectivity index (χ2v) is 7.35. The number of thioether (sulfide) groups is 1. The van der Waals surface area contributed by atoms with Gasteiger partial charge in [-0.25, -0.2) is 9.97 Å². The fraction of sp³-hybridized carbons (Fsp3) is 0.438. The summed E-state index contributed by atoms with van der Waals surface area (Å²) in [5, 5.41) is 4.07. The van der Waals surface area contributed by atoms with E-state index in [0.29, 0.717) is 0 Å². The number of hydrogen-bond acceptors (Lipinski definition) is 6. The molecule has 126 valence electrons. The SMILES string of the molecule is N[C@H]1CC[C@@H](NC(=O)C2=CN(c3ncnc4[nH]ccc34)CCS2)C1. The number of H-pyrrole nitrogens is 1. The van der Waals surface area contributed by atoms with Gasteiger partial charge in [-0.15, -0.1) is 11.8 Å². The molecule has 1 saturated carbocycles. The highest BCUT2D eigenvalue weighted by atomic mass is 32.2. The molecule has 2 atom stereocenters. The van der Waals surface area contributed by atoms with Crippen molar-refractivity contribution in [1.82, 2.24) is 20.3 Å². The van der Waals surface area contributed by atoms with Crippen LogP contribution in [0, 0.1) is 0 Å². The summed E-state index contributed by atoms with van der Waals surface area (Å²) >= 11 is 1.59. The van der Waals surface area contributed by atoms with Crippen molar-refractivity contribution in [3.8, 4) is 0 Å². The fourth-order valence-electron chi connectivity index (χ4n) is 3.28. The molecule has 24 heavy (non-hydrogen) atoms. The van der Waals surface area contributed by atoms with Crippen LogP contribution in [0.15, 0.2) is 29.7 Å². The molecule has 0 spiro atoms. The van der Waals surface area contributed by atoms with E-state index in [0.717, 1.165) is 53.3 Å². The number of nitrogens with zero attached hydrogens (tertiary/aromatic N) is 3. The molecule has 1 fully saturated rings. The lowest BCUT2D eigenvalue weighted by atomic mass is 10.2. The third-order valence-electron chi connectivity index (χ3n) is 4.50. The minimum Gasteiger partial charge on any atom is -0.349 e. The summed E-state index contributed by atoms with van der Waals surface area (Å²) in [6.45, 7) is 0.813. The Morgan fingerprint density at radius 2 is 2.33 bits per heavy atom. The molecule has 0 radical (unpaired) electrons. The van der Waals surface area contributed by atoms with E-state index in [2.05, 4.69) is 20.3 Å². The fourth-order valence-corrected chi connectivity index (χ4v) is 4.18. The third kappa shape index (κ3) is 2.99. The highest BCUT2D eigenvalue weighted by molar-refractivity contribution is 8.04. The van der Waals surface area contributed by atoms with Crippen LogP contribution < -0.4 is 16.0 Å². The Morgan fingerprint density at radius 3 is 3.17 bits per heavy atom. The summed E-state index contributed by atoms with van der Waals surface area (Å²) in [4.78, 5) is 27.0. The van der Waals surface area contributed by atoms with Crippen LogP contribution in [-0.4, -0.2) is 45.2 Å². The summed E-state index contributed by atoms with van der Waals surface area (Å²) in [5.41, 5.74) is 6.73. The van der Waals surface area contributed by atoms with Crippen molar-refractivity contribution in [3.63, 3.8) is 0 Å². The van der Waals surface area contributed by atoms with Gasteiger partial charge < -0.3 is 20.9 Å². The summed E-state index contributed by atoms with van der Waals surface area (Å²) in [7, 11) is 0. The lowest BCUT2D eigenvalue weighted by Crippen LogP contribution is -2.36. The lowest BCUT2D eigenvalue weighted by molar-refractivity contribution is -0.117. The van der Waals surface area contributed by atoms with Gasteiger partial charge in [0.05, 0.1) is 10.3 Å². The quantitative estimate of drug-likeness (QED) is 0.777. The van der Waals surface area contributed by atoms with E-state index in [4.69, 9.17) is 5.73 Å². The number of rotatable bonds is 3. The van der Waals surface area contributed by atoms with E-state index < -0.39 is 0 Å². The second kappa shape index (κ2) is 6.45. The van der Waals surface area contributed by atoms with Crippen LogP contribution in [0.1, 0.15) is 19.3 Å². The van der Waals surface area contributed by atoms with Crippen LogP contribution in [0.4, 0.5) is 5.82 Å². The van der Waals surface area contributed by atoms with Gasteiger partial charge in [0.2, 0.25) is 0 Å². The zero-order valence-corrected chi connectivity index (χ0v) is 14.1. The summed E-state index contributed by atoms with van der Waals surface area (Å²) < 4.78 is 0. The first-order valence-corrected chi connectivity index (χ1v) is 9.15. The van der Waals surface area contributed by atoms with E-state index in [1.54, 1.807) is 18.1 Å². The van der Waals surface area contributed by atoms with Crippen molar-refractivity contribution in [2.24, 2.45) is 5.73 Å². The first-order chi connectivity index (χ1) is 11.7. The van der Waals surface area contributed by atoms with Crippen molar-refractivity contribution in [2.45, 2.75) is 31.3 Å². The van der Waals surface area contributed by atoms with Crippen LogP contribution in [0.3, 0.4) is 0 Å². The van der Waals surface area contributed by atoms with Gasteiger partial charge in [0.25, 0.3) is 5.91 Å². The molecule has 2 aromatic rings. The largest absolute Gasteiger partial charge is 0.349 e. The van der Waals surface area contributed by atoms with Gasteiger partial charge in [-0.3, -0.25) is 4.79 Å². The summed E-state index contributed by atoms with van der Waals surface area (Å²) in [6, 6.07) is 2.36. The minimum atomic E-state index is -0.0110. The number of nitrogens with one attached hydrogen (secondary N) is 2. The Morgan fingerprint density at radius 1 is 1.42 bits per heavy atom. The molecule has 1 aliphatic heterocycles. The molecule has 0 unspecified atom stereocenters. The number of carbonyl (C=O) groups is 1. The van der Waals surface area contributed by atoms with Gasteiger partial charge in [0.15, 0.2) is 0 Å². The van der Waals surface area contributed by atoms with Crippen LogP contribution >= 0.6 is 11.8 Å². The third-order valence-corrected chi connectivity index (χ3v) is 5.49. The van der Waals surface area contributed by atoms with Crippen molar-refractivity contribution in [1.29, 1.82) is 0 Å². The standard InChI is InChI=1S/C16H20N6OS/c17-10-1-2-11(7-10)21-16(23)13-8-22(5-6-24-13)15-12-3-4-18-14(12)19-9-20-15/h3-4,8-11H,1-2,5-7,17H2,(H,21,23)(H,18,19,20)/t10-,11+/m0/s1. The number of hydrogen-bond donors (Lipinski definition) is 3. The van der Waals surface area contributed by atoms with Gasteiger partial charge in [0.1, 0.15) is 17.8 Å². The Kier molecular flexibility index (Phi) is 4.15. The number of nitrogens with two attached hydrogens (primary N) is 1. The summed E-state index contributed by atoms with van der Waals surface area (Å²) in [6.07, 6.45) is 8.10. The molecule has 4 rings (SSSR count). The molecule has 1 amide bonds. The van der Waals surface area contributed by atoms with Gasteiger partial charge in [0, 0.05) is 36.8 Å². The normalized spacial score (nSPS) is 24.2. The maximum Gasteiger partial charge on any atom is 0.259 e. The van der Waals surface area contributed by atoms with Crippen molar-refractivity contribution < 1.29 is 4.79 Å². The average Bonchev–Trinajstić information content (AvgIpc) is 3.23. The van der Waals surface area contributed by atoms with E-state index in [-0.39, 0.29) is 18.0 Å². The predicted octanol–water partition coefficient (Wildman–Crippen LogP) is 1.35. The molecule has 2 aliphatic rings. The van der Waals surface area contributed by atoms with Crippen LogP contribution in [-0.2, 0) is 4.79 Å². The predicted molar refractivity (Wildman–Crippen MR) is 95.5 cm³/mol. The Balaban J connectivity index is 1.54. The smallest absolute Gasteiger partial charge is 0.259 e. The first kappa shape index (κ1) is 15.5. The monoisotopic (exact) mass is 344 g/mol. The van der Waals surface area contributed by atoms with Crippen molar-refractivity contribution >= 4 is 34.5 Å². The van der Waals surface area contributed by atoms with Gasteiger partial charge in [-0.1, -0.05) is 0 Å². The number of aromatic amines is 1. The Bertz CT molecular complexity index is 788. The minimum absolute atomic E-state index is 0.0110. The number of carbonyl (C=O) groups excluding carboxylic acids is 1. The number of amides is 1. The van der Waals surface area contributed by atoms with E-state index in [1.807, 2.05) is 23.4 Å². The van der Waals surface area contributed by atoms with Crippen LogP contribution in [0.25, 0.3) is 11.0 Å². The molecule has 7 nitrogen and oxygen atoms in total. The van der Waals surface area contributed by atoms with Crippen LogP contribution in [0.5, 0.6) is 0 Å². The number of fused-ring (bicyclic) bond motifs is 1. The highest BCUT2D eigenvalue weighted by Crippen LogP contribution is 2.29. The molecule has 0 aromatic carbocycles. The average molecular weight is 344 g/mol. The second-order valence-electron chi connectivity index (χ2n) is 6.22. The number of aromatic nitrogens is 3. The van der Waals surface area contributed by atoms with E-state index in [1.165, 1.54) is 0 Å². The molecule has 4 N–H and O–H groups in total. The zero-order valence-electron chi connectivity index (χ0n) is 13.2. The van der Waals surface area contributed by atoms with Gasteiger partial charge in [-0.05, 0) is 25.3 Å². The highest BCUT2D eigenvalue weighted by Gasteiger charge is 2.26. The zero-order chi connectivity index (χ0) is 16.5. The molecule has 0 bridgehead atoms. The van der Waals surface area contributed by atoms with Crippen molar-refractivity contribution in [2.75, 3.05) is 17.2 Å². The molecular weight excluding hydrogens is 324 g/mol. The van der Waals surface area contributed by atoms with E-state index in [9.17, 15) is 4.79 Å². The number of anilines is 1. The Labute approximate surface area is 144 Å². The summed E-state index contributed by atoms with van der Waals surface area (Å²) in [5.74, 6) is 1.66. The first-order valence-electron chi connectivity index (χ1n) is 8.16. The Hall–Kier alpha value is -2.06. The molecular formula is C16H20N6OS. The molecule has 1 aliphatic carbocycles. The van der Waals surface area contributed by atoms with Crippen molar-refractivity contribution in [3.05, 3.63) is 29.7 Å². The topological polar surface area (TPSA) is 99.9 Å². The lowest BCUT2D eigenvalue weighted by Gasteiger charge is -2.26. The van der Waals surface area contributed by atoms with Crippen LogP contribution in [0.2, 0.25) is 0 Å².